The van der Waals surface area contributed by atoms with Gasteiger partial charge in [0.15, 0.2) is 5.78 Å². The van der Waals surface area contributed by atoms with Gasteiger partial charge in [-0.1, -0.05) is 123 Å². The van der Waals surface area contributed by atoms with Crippen LogP contribution in [0.1, 0.15) is 156 Å². The van der Waals surface area contributed by atoms with Crippen LogP contribution in [-0.2, 0) is 19.2 Å². The van der Waals surface area contributed by atoms with Crippen LogP contribution in [-0.4, -0.2) is 114 Å². The number of likely N-dealkylation sites (N-methyl/N-ethyl adjacent to an activating group) is 2. The number of carbonyl (C=O) groups is 4. The smallest absolute Gasteiger partial charge is 0.245 e. The maximum absolute atomic E-state index is 14.4. The molecule has 1 N–H and O–H groups in total. The van der Waals surface area contributed by atoms with Crippen LogP contribution in [0.25, 0.3) is 0 Å². The minimum atomic E-state index is -0.667. The summed E-state index contributed by atoms with van der Waals surface area (Å²) in [7, 11) is 3.86. The molecule has 55 heavy (non-hydrogen) atoms. The molecule has 3 aliphatic heterocycles. The van der Waals surface area contributed by atoms with E-state index in [9.17, 15) is 19.2 Å². The molecule has 0 saturated carbocycles. The molecule has 9 heteroatoms. The zero-order valence-corrected chi connectivity index (χ0v) is 36.0. The lowest BCUT2D eigenvalue weighted by Gasteiger charge is -2.41. The number of carbonyl (C=O) groups excluding carboxylic acids is 4. The summed E-state index contributed by atoms with van der Waals surface area (Å²) in [5.41, 5.74) is 0.750. The molecule has 6 atom stereocenters. The van der Waals surface area contributed by atoms with Crippen molar-refractivity contribution in [2.24, 2.45) is 11.3 Å². The van der Waals surface area contributed by atoms with Crippen LogP contribution >= 0.6 is 0 Å². The van der Waals surface area contributed by atoms with Gasteiger partial charge in [-0.15, -0.1) is 0 Å². The molecule has 1 unspecified atom stereocenters. The van der Waals surface area contributed by atoms with Gasteiger partial charge in [-0.05, 0) is 87.9 Å². The van der Waals surface area contributed by atoms with Crippen molar-refractivity contribution in [3.05, 3.63) is 35.9 Å². The monoisotopic (exact) mass is 764 g/mol. The predicted molar refractivity (Wildman–Crippen MR) is 224 cm³/mol. The minimum absolute atomic E-state index is 0.0715. The summed E-state index contributed by atoms with van der Waals surface area (Å²) >= 11 is 0. The van der Waals surface area contributed by atoms with Crippen LogP contribution in [0.4, 0.5) is 0 Å². The second-order valence-electron chi connectivity index (χ2n) is 18.6. The standard InChI is InChI=1S/C46H77N5O4/c1-9-10-11-12-13-14-16-25-36(35-23-17-15-18-24-35)32-41(52)37-27-22-31-51(37)44(54)39-28-21-30-50(39)33-40(34(2)3)49(8)45(55)42(46(4,5)6)47-43(53)38-26-19-20-29-48(38)7/h15,17-18,23-24,34,36-40,42H,9-14,16,19-22,25-33H2,1-8H3,(H,47,53)/t36?,37-,38+,39-,40+,42+/m0/s1. The Labute approximate surface area is 334 Å². The van der Waals surface area contributed by atoms with E-state index in [2.05, 4.69) is 60.2 Å². The summed E-state index contributed by atoms with van der Waals surface area (Å²) in [6, 6.07) is 8.82. The van der Waals surface area contributed by atoms with E-state index in [1.165, 1.54) is 44.1 Å². The molecule has 0 radical (unpaired) electrons. The summed E-state index contributed by atoms with van der Waals surface area (Å²) in [4.78, 5) is 64.6. The molecule has 9 nitrogen and oxygen atoms in total. The Morgan fingerprint density at radius 2 is 1.45 bits per heavy atom. The van der Waals surface area contributed by atoms with Crippen molar-refractivity contribution in [3.63, 3.8) is 0 Å². The highest BCUT2D eigenvalue weighted by atomic mass is 16.2. The van der Waals surface area contributed by atoms with Gasteiger partial charge in [-0.3, -0.25) is 29.0 Å². The molecule has 3 aliphatic rings. The molecular weight excluding hydrogens is 687 g/mol. The zero-order valence-electron chi connectivity index (χ0n) is 36.0. The van der Waals surface area contributed by atoms with Gasteiger partial charge in [0.1, 0.15) is 6.04 Å². The highest BCUT2D eigenvalue weighted by Crippen LogP contribution is 2.32. The maximum atomic E-state index is 14.4. The van der Waals surface area contributed by atoms with E-state index in [4.69, 9.17) is 0 Å². The van der Waals surface area contributed by atoms with Crippen molar-refractivity contribution >= 4 is 23.5 Å². The Balaban J connectivity index is 1.41. The molecule has 3 heterocycles. The normalized spacial score (nSPS) is 22.8. The topological polar surface area (TPSA) is 93.3 Å². The summed E-state index contributed by atoms with van der Waals surface area (Å²) in [6.07, 6.45) is 16.4. The van der Waals surface area contributed by atoms with Crippen LogP contribution in [0.5, 0.6) is 0 Å². The highest BCUT2D eigenvalue weighted by molar-refractivity contribution is 5.92. The Hall–Kier alpha value is -2.78. The first-order chi connectivity index (χ1) is 26.2. The number of ketones is 1. The molecule has 310 valence electrons. The SMILES string of the molecule is CCCCCCCCCC(CC(=O)[C@@H]1CCCN1C(=O)[C@@H]1CCCN1C[C@H](C(C)C)N(C)C(=O)[C@@H](NC(=O)[C@H]1CCCCN1C)C(C)(C)C)c1ccccc1. The number of amides is 3. The van der Waals surface area contributed by atoms with Crippen molar-refractivity contribution in [2.75, 3.05) is 40.3 Å². The van der Waals surface area contributed by atoms with E-state index in [0.717, 1.165) is 70.9 Å². The van der Waals surface area contributed by atoms with Crippen LogP contribution in [0, 0.1) is 11.3 Å². The van der Waals surface area contributed by atoms with Gasteiger partial charge in [-0.2, -0.15) is 0 Å². The Morgan fingerprint density at radius 3 is 2.11 bits per heavy atom. The van der Waals surface area contributed by atoms with Gasteiger partial charge in [0, 0.05) is 32.6 Å². The van der Waals surface area contributed by atoms with Crippen molar-refractivity contribution < 1.29 is 19.2 Å². The number of nitrogens with one attached hydrogen (secondary N) is 1. The number of unbranched alkanes of at least 4 members (excludes halogenated alkanes) is 6. The van der Waals surface area contributed by atoms with Crippen molar-refractivity contribution in [1.29, 1.82) is 0 Å². The highest BCUT2D eigenvalue weighted by Gasteiger charge is 2.44. The second kappa shape index (κ2) is 21.7. The molecular formula is C46H77N5O4. The fourth-order valence-electron chi connectivity index (χ4n) is 9.40. The van der Waals surface area contributed by atoms with Crippen LogP contribution in [0.3, 0.4) is 0 Å². The quantitative estimate of drug-likeness (QED) is 0.136. The largest absolute Gasteiger partial charge is 0.342 e. The molecule has 0 aromatic heterocycles. The fraction of sp³-hybridized carbons (Fsp3) is 0.783. The molecule has 3 fully saturated rings. The number of Topliss-reactive ketones (excluding diaryl/α,β-unsaturated/α-hetero) is 1. The molecule has 0 bridgehead atoms. The Bertz CT molecular complexity index is 1360. The molecule has 1 aromatic rings. The number of hydrogen-bond donors (Lipinski definition) is 1. The summed E-state index contributed by atoms with van der Waals surface area (Å²) in [5.74, 6) is 0.429. The lowest BCUT2D eigenvalue weighted by Crippen LogP contribution is -2.61. The maximum Gasteiger partial charge on any atom is 0.245 e. The van der Waals surface area contributed by atoms with E-state index in [1.54, 1.807) is 0 Å². The molecule has 4 rings (SSSR count). The van der Waals surface area contributed by atoms with Gasteiger partial charge in [-0.25, -0.2) is 0 Å². The van der Waals surface area contributed by atoms with Crippen LogP contribution < -0.4 is 5.32 Å². The second-order valence-corrected chi connectivity index (χ2v) is 18.6. The van der Waals surface area contributed by atoms with Gasteiger partial charge >= 0.3 is 0 Å². The predicted octanol–water partition coefficient (Wildman–Crippen LogP) is 7.82. The van der Waals surface area contributed by atoms with Gasteiger partial charge in [0.25, 0.3) is 0 Å². The van der Waals surface area contributed by atoms with Gasteiger partial charge in [0.2, 0.25) is 17.7 Å². The zero-order chi connectivity index (χ0) is 40.1. The Morgan fingerprint density at radius 1 is 0.818 bits per heavy atom. The average Bonchev–Trinajstić information content (AvgIpc) is 3.85. The average molecular weight is 764 g/mol. The number of hydrogen-bond acceptors (Lipinski definition) is 6. The van der Waals surface area contributed by atoms with E-state index >= 15 is 0 Å². The first-order valence-electron chi connectivity index (χ1n) is 22.1. The summed E-state index contributed by atoms with van der Waals surface area (Å²) in [6.45, 7) is 15.4. The Kier molecular flexibility index (Phi) is 17.7. The third-order valence-electron chi connectivity index (χ3n) is 12.9. The van der Waals surface area contributed by atoms with Crippen molar-refractivity contribution in [2.45, 2.75) is 180 Å². The lowest BCUT2D eigenvalue weighted by atomic mass is 9.84. The fourth-order valence-corrected chi connectivity index (χ4v) is 9.40. The number of benzene rings is 1. The van der Waals surface area contributed by atoms with E-state index in [-0.39, 0.29) is 59.5 Å². The number of likely N-dealkylation sites (tertiary alicyclic amines) is 3. The van der Waals surface area contributed by atoms with Crippen molar-refractivity contribution in [1.82, 2.24) is 24.9 Å². The molecule has 0 spiro atoms. The molecule has 1 aromatic carbocycles. The first-order valence-corrected chi connectivity index (χ1v) is 22.1. The van der Waals surface area contributed by atoms with Gasteiger partial charge < -0.3 is 15.1 Å². The summed E-state index contributed by atoms with van der Waals surface area (Å²) < 4.78 is 0. The van der Waals surface area contributed by atoms with E-state index in [1.807, 2.05) is 50.7 Å². The van der Waals surface area contributed by atoms with E-state index < -0.39 is 11.5 Å². The number of rotatable bonds is 20. The van der Waals surface area contributed by atoms with Crippen LogP contribution in [0.2, 0.25) is 0 Å². The molecule has 0 aliphatic carbocycles. The third kappa shape index (κ3) is 12.6. The molecule has 3 saturated heterocycles. The van der Waals surface area contributed by atoms with E-state index in [0.29, 0.717) is 19.5 Å². The number of nitrogens with zero attached hydrogens (tertiary/aromatic N) is 4. The lowest BCUT2D eigenvalue weighted by molar-refractivity contribution is -0.144. The molecule has 3 amide bonds. The van der Waals surface area contributed by atoms with Gasteiger partial charge in [0.05, 0.1) is 18.1 Å². The third-order valence-corrected chi connectivity index (χ3v) is 12.9. The van der Waals surface area contributed by atoms with Crippen LogP contribution in [0.15, 0.2) is 30.3 Å². The van der Waals surface area contributed by atoms with Crippen molar-refractivity contribution in [3.8, 4) is 0 Å². The summed E-state index contributed by atoms with van der Waals surface area (Å²) in [5, 5.41) is 3.17. The minimum Gasteiger partial charge on any atom is -0.342 e. The number of piperidine rings is 1. The first kappa shape index (κ1) is 44.9.